The Bertz CT molecular complexity index is 844. The second-order valence-corrected chi connectivity index (χ2v) is 6.88. The summed E-state index contributed by atoms with van der Waals surface area (Å²) >= 11 is 0. The molecule has 0 atom stereocenters. The molecule has 1 amide bonds. The standard InChI is InChI=1S/C20H21F6NO3/c1-3-4-5-9-27(17(28)14-8-10-30-12-14)16-7-6-15(11-13(16)2)18(29,19(21,22)23)20(24,25)26/h6-8,10-12,29H,3-5,9H2,1-2H3. The molecule has 1 aromatic heterocycles. The third-order valence-electron chi connectivity index (χ3n) is 4.72. The highest BCUT2D eigenvalue weighted by molar-refractivity contribution is 6.06. The van der Waals surface area contributed by atoms with Crippen molar-refractivity contribution in [3.8, 4) is 0 Å². The number of benzene rings is 1. The van der Waals surface area contributed by atoms with Gasteiger partial charge < -0.3 is 14.4 Å². The number of halogens is 6. The first-order chi connectivity index (χ1) is 13.8. The molecule has 0 aliphatic carbocycles. The number of hydrogen-bond acceptors (Lipinski definition) is 3. The van der Waals surface area contributed by atoms with Crippen molar-refractivity contribution in [3.63, 3.8) is 0 Å². The zero-order valence-electron chi connectivity index (χ0n) is 16.3. The molecule has 0 aliphatic rings. The number of carbonyl (C=O) groups is 1. The summed E-state index contributed by atoms with van der Waals surface area (Å²) in [5, 5.41) is 9.60. The van der Waals surface area contributed by atoms with Gasteiger partial charge >= 0.3 is 12.4 Å². The maximum absolute atomic E-state index is 13.2. The van der Waals surface area contributed by atoms with Crippen molar-refractivity contribution in [2.75, 3.05) is 11.4 Å². The molecule has 1 heterocycles. The molecule has 0 fully saturated rings. The Hall–Kier alpha value is -2.49. The quantitative estimate of drug-likeness (QED) is 0.444. The van der Waals surface area contributed by atoms with Gasteiger partial charge in [-0.2, -0.15) is 26.3 Å². The lowest BCUT2D eigenvalue weighted by molar-refractivity contribution is -0.376. The first-order valence-electron chi connectivity index (χ1n) is 9.15. The van der Waals surface area contributed by atoms with Crippen molar-refractivity contribution in [3.05, 3.63) is 53.5 Å². The fourth-order valence-electron chi connectivity index (χ4n) is 3.06. The van der Waals surface area contributed by atoms with Gasteiger partial charge in [-0.3, -0.25) is 4.79 Å². The SMILES string of the molecule is CCCCCN(C(=O)c1ccoc1)c1ccc(C(O)(C(F)(F)F)C(F)(F)F)cc1C. The summed E-state index contributed by atoms with van der Waals surface area (Å²) in [4.78, 5) is 14.1. The van der Waals surface area contributed by atoms with E-state index in [1.165, 1.54) is 30.4 Å². The largest absolute Gasteiger partial charge is 0.472 e. The molecule has 10 heteroatoms. The lowest BCUT2D eigenvalue weighted by Gasteiger charge is -2.33. The van der Waals surface area contributed by atoms with Gasteiger partial charge in [-0.15, -0.1) is 0 Å². The Morgan fingerprint density at radius 3 is 2.17 bits per heavy atom. The smallest absolute Gasteiger partial charge is 0.430 e. The van der Waals surface area contributed by atoms with Crippen molar-refractivity contribution < 1.29 is 40.7 Å². The highest BCUT2D eigenvalue weighted by Gasteiger charge is 2.71. The maximum Gasteiger partial charge on any atom is 0.430 e. The average molecular weight is 437 g/mol. The Balaban J connectivity index is 2.51. The highest BCUT2D eigenvalue weighted by Crippen LogP contribution is 2.50. The Labute approximate surface area is 169 Å². The molecule has 0 unspecified atom stereocenters. The van der Waals surface area contributed by atoms with Crippen LogP contribution in [0.3, 0.4) is 0 Å². The van der Waals surface area contributed by atoms with Crippen LogP contribution in [0.2, 0.25) is 0 Å². The predicted molar refractivity (Wildman–Crippen MR) is 97.1 cm³/mol. The number of furan rings is 1. The molecule has 2 aromatic rings. The van der Waals surface area contributed by atoms with Crippen LogP contribution < -0.4 is 4.90 Å². The van der Waals surface area contributed by atoms with Gasteiger partial charge in [0.2, 0.25) is 0 Å². The number of amides is 1. The summed E-state index contributed by atoms with van der Waals surface area (Å²) in [5.41, 5.74) is -6.07. The number of aliphatic hydroxyl groups is 1. The molecule has 0 bridgehead atoms. The van der Waals surface area contributed by atoms with Crippen molar-refractivity contribution in [1.29, 1.82) is 0 Å². The summed E-state index contributed by atoms with van der Waals surface area (Å²) in [6.45, 7) is 3.43. The zero-order chi connectivity index (χ0) is 22.7. The molecule has 1 aromatic carbocycles. The first-order valence-corrected chi connectivity index (χ1v) is 9.15. The van der Waals surface area contributed by atoms with E-state index in [0.29, 0.717) is 18.6 Å². The third kappa shape index (κ3) is 4.48. The molecule has 0 spiro atoms. The summed E-state index contributed by atoms with van der Waals surface area (Å²) in [5.74, 6) is -0.502. The fourth-order valence-corrected chi connectivity index (χ4v) is 3.06. The molecule has 2 rings (SSSR count). The number of rotatable bonds is 7. The van der Waals surface area contributed by atoms with Crippen LogP contribution in [0.1, 0.15) is 47.7 Å². The Morgan fingerprint density at radius 1 is 1.07 bits per heavy atom. The number of unbranched alkanes of at least 4 members (excludes halogenated alkanes) is 2. The topological polar surface area (TPSA) is 53.7 Å². The normalized spacial score (nSPS) is 12.8. The minimum absolute atomic E-state index is 0.0206. The van der Waals surface area contributed by atoms with Crippen molar-refractivity contribution in [2.45, 2.75) is 51.1 Å². The van der Waals surface area contributed by atoms with Gasteiger partial charge in [-0.25, -0.2) is 0 Å². The van der Waals surface area contributed by atoms with Gasteiger partial charge in [-0.1, -0.05) is 31.9 Å². The van der Waals surface area contributed by atoms with Gasteiger partial charge in [0.1, 0.15) is 6.26 Å². The number of aryl methyl sites for hydroxylation is 1. The van der Waals surface area contributed by atoms with Gasteiger partial charge in [0.25, 0.3) is 11.5 Å². The van der Waals surface area contributed by atoms with E-state index in [1.54, 1.807) is 0 Å². The van der Waals surface area contributed by atoms with Crippen LogP contribution in [-0.2, 0) is 5.60 Å². The Kier molecular flexibility index (Phi) is 6.90. The van der Waals surface area contributed by atoms with Crippen molar-refractivity contribution >= 4 is 11.6 Å². The van der Waals surface area contributed by atoms with Crippen LogP contribution in [0.4, 0.5) is 32.0 Å². The van der Waals surface area contributed by atoms with Gasteiger partial charge in [0.15, 0.2) is 0 Å². The van der Waals surface area contributed by atoms with E-state index >= 15 is 0 Å². The average Bonchev–Trinajstić information content (AvgIpc) is 3.17. The minimum Gasteiger partial charge on any atom is -0.472 e. The summed E-state index contributed by atoms with van der Waals surface area (Å²) in [6.07, 6.45) is -7.29. The van der Waals surface area contributed by atoms with Gasteiger partial charge in [-0.05, 0) is 31.0 Å². The zero-order valence-corrected chi connectivity index (χ0v) is 16.3. The van der Waals surface area contributed by atoms with E-state index in [9.17, 15) is 36.2 Å². The van der Waals surface area contributed by atoms with Crippen LogP contribution in [0.15, 0.2) is 41.2 Å². The number of nitrogens with zero attached hydrogens (tertiary/aromatic N) is 1. The lowest BCUT2D eigenvalue weighted by Crippen LogP contribution is -2.54. The molecule has 0 radical (unpaired) electrons. The fraction of sp³-hybridized carbons (Fsp3) is 0.450. The maximum atomic E-state index is 13.2. The molecule has 30 heavy (non-hydrogen) atoms. The summed E-state index contributed by atoms with van der Waals surface area (Å²) < 4.78 is 83.8. The molecular formula is C20H21F6NO3. The first kappa shape index (κ1) is 23.8. The predicted octanol–water partition coefficient (Wildman–Crippen LogP) is 5.74. The van der Waals surface area contributed by atoms with E-state index in [0.717, 1.165) is 18.9 Å². The molecule has 4 nitrogen and oxygen atoms in total. The molecule has 0 saturated heterocycles. The van der Waals surface area contributed by atoms with Crippen LogP contribution in [-0.4, -0.2) is 29.9 Å². The van der Waals surface area contributed by atoms with Crippen LogP contribution in [0.25, 0.3) is 0 Å². The van der Waals surface area contributed by atoms with Gasteiger partial charge in [0, 0.05) is 17.8 Å². The van der Waals surface area contributed by atoms with Crippen molar-refractivity contribution in [1.82, 2.24) is 0 Å². The Morgan fingerprint density at radius 2 is 1.70 bits per heavy atom. The van der Waals surface area contributed by atoms with E-state index in [-0.39, 0.29) is 23.4 Å². The molecular weight excluding hydrogens is 416 g/mol. The summed E-state index contributed by atoms with van der Waals surface area (Å²) in [7, 11) is 0. The number of hydrogen-bond donors (Lipinski definition) is 1. The second-order valence-electron chi connectivity index (χ2n) is 6.88. The lowest BCUT2D eigenvalue weighted by atomic mass is 9.90. The van der Waals surface area contributed by atoms with E-state index < -0.39 is 29.4 Å². The van der Waals surface area contributed by atoms with E-state index in [2.05, 4.69) is 0 Å². The number of alkyl halides is 6. The van der Waals surface area contributed by atoms with E-state index in [4.69, 9.17) is 4.42 Å². The minimum atomic E-state index is -5.98. The number of carbonyl (C=O) groups excluding carboxylic acids is 1. The second kappa shape index (κ2) is 8.71. The molecule has 1 N–H and O–H groups in total. The highest BCUT2D eigenvalue weighted by atomic mass is 19.4. The number of anilines is 1. The third-order valence-corrected chi connectivity index (χ3v) is 4.72. The van der Waals surface area contributed by atoms with Crippen LogP contribution in [0, 0.1) is 6.92 Å². The van der Waals surface area contributed by atoms with E-state index in [1.807, 2.05) is 6.92 Å². The van der Waals surface area contributed by atoms with Crippen molar-refractivity contribution in [2.24, 2.45) is 0 Å². The molecule has 166 valence electrons. The van der Waals surface area contributed by atoms with Crippen LogP contribution in [0.5, 0.6) is 0 Å². The van der Waals surface area contributed by atoms with Gasteiger partial charge in [0.05, 0.1) is 11.8 Å². The molecule has 0 aliphatic heterocycles. The summed E-state index contributed by atoms with van der Waals surface area (Å²) in [6, 6.07) is 3.53. The van der Waals surface area contributed by atoms with Crippen LogP contribution >= 0.6 is 0 Å². The monoisotopic (exact) mass is 437 g/mol. The molecule has 0 saturated carbocycles.